The van der Waals surface area contributed by atoms with Crippen LogP contribution in [0, 0.1) is 6.92 Å². The average Bonchev–Trinajstić information content (AvgIpc) is 2.68. The van der Waals surface area contributed by atoms with E-state index in [0.717, 1.165) is 22.0 Å². The zero-order valence-electron chi connectivity index (χ0n) is 14.7. The fourth-order valence-corrected chi connectivity index (χ4v) is 2.73. The highest BCUT2D eigenvalue weighted by molar-refractivity contribution is 5.99. The van der Waals surface area contributed by atoms with Crippen LogP contribution >= 0.6 is 0 Å². The minimum absolute atomic E-state index is 0.356. The van der Waals surface area contributed by atoms with Crippen molar-refractivity contribution in [3.8, 4) is 0 Å². The Morgan fingerprint density at radius 2 is 1.85 bits per heavy atom. The first kappa shape index (κ1) is 17.6. The van der Waals surface area contributed by atoms with Crippen molar-refractivity contribution in [1.29, 1.82) is 0 Å². The van der Waals surface area contributed by atoms with E-state index in [4.69, 9.17) is 4.74 Å². The summed E-state index contributed by atoms with van der Waals surface area (Å²) in [7, 11) is 1.31. The monoisotopic (exact) mass is 348 g/mol. The molecule has 0 saturated carbocycles. The van der Waals surface area contributed by atoms with Gasteiger partial charge in [-0.25, -0.2) is 4.79 Å². The number of ether oxygens (including phenoxy) is 1. The van der Waals surface area contributed by atoms with E-state index in [-0.39, 0.29) is 5.91 Å². The number of hydrogen-bond acceptors (Lipinski definition) is 4. The fraction of sp³-hybridized carbons (Fsp3) is 0.190. The minimum atomic E-state index is -0.762. The molecule has 0 aliphatic rings. The third kappa shape index (κ3) is 4.06. The number of carbonyl (C=O) groups is 2. The zero-order chi connectivity index (χ0) is 18.5. The number of amides is 1. The molecular formula is C21H20N2O3. The molecular weight excluding hydrogens is 328 g/mol. The van der Waals surface area contributed by atoms with Gasteiger partial charge in [0.05, 0.1) is 18.2 Å². The average molecular weight is 348 g/mol. The van der Waals surface area contributed by atoms with Crippen LogP contribution in [0.2, 0.25) is 0 Å². The Morgan fingerprint density at radius 3 is 2.58 bits per heavy atom. The molecule has 0 aliphatic carbocycles. The molecule has 1 N–H and O–H groups in total. The van der Waals surface area contributed by atoms with Crippen molar-refractivity contribution in [2.45, 2.75) is 19.4 Å². The lowest BCUT2D eigenvalue weighted by atomic mass is 10.0. The van der Waals surface area contributed by atoms with Crippen LogP contribution in [0.25, 0.3) is 10.9 Å². The molecule has 5 nitrogen and oxygen atoms in total. The van der Waals surface area contributed by atoms with Crippen molar-refractivity contribution in [1.82, 2.24) is 10.3 Å². The Balaban J connectivity index is 1.79. The molecule has 0 fully saturated rings. The summed E-state index contributed by atoms with van der Waals surface area (Å²) in [5.41, 5.74) is 3.30. The zero-order valence-corrected chi connectivity index (χ0v) is 14.7. The molecule has 1 aromatic heterocycles. The normalized spacial score (nSPS) is 11.8. The number of para-hydroxylation sites is 1. The van der Waals surface area contributed by atoms with Crippen molar-refractivity contribution < 1.29 is 14.3 Å². The van der Waals surface area contributed by atoms with Crippen LogP contribution in [0.3, 0.4) is 0 Å². The smallest absolute Gasteiger partial charge is 0.328 e. The number of methoxy groups -OCH3 is 1. The molecule has 3 aromatic rings. The van der Waals surface area contributed by atoms with Gasteiger partial charge in [0.1, 0.15) is 6.04 Å². The summed E-state index contributed by atoms with van der Waals surface area (Å²) < 4.78 is 4.85. The van der Waals surface area contributed by atoms with Crippen molar-refractivity contribution in [2.75, 3.05) is 7.11 Å². The predicted molar refractivity (Wildman–Crippen MR) is 99.9 cm³/mol. The third-order valence-corrected chi connectivity index (χ3v) is 4.20. The van der Waals surface area contributed by atoms with E-state index in [0.29, 0.717) is 12.0 Å². The second-order valence-electron chi connectivity index (χ2n) is 6.16. The number of benzene rings is 2. The molecule has 5 heteroatoms. The van der Waals surface area contributed by atoms with E-state index in [1.807, 2.05) is 55.5 Å². The van der Waals surface area contributed by atoms with E-state index in [1.54, 1.807) is 6.07 Å². The first-order valence-corrected chi connectivity index (χ1v) is 8.36. The maximum absolute atomic E-state index is 12.6. The summed E-state index contributed by atoms with van der Waals surface area (Å²) in [4.78, 5) is 29.0. The quantitative estimate of drug-likeness (QED) is 0.720. The molecule has 1 heterocycles. The highest BCUT2D eigenvalue weighted by atomic mass is 16.5. The minimum Gasteiger partial charge on any atom is -0.467 e. The Bertz CT molecular complexity index is 935. The Morgan fingerprint density at radius 1 is 1.12 bits per heavy atom. The van der Waals surface area contributed by atoms with Crippen LogP contribution in [0.1, 0.15) is 21.5 Å². The molecule has 0 spiro atoms. The van der Waals surface area contributed by atoms with Gasteiger partial charge < -0.3 is 10.1 Å². The summed E-state index contributed by atoms with van der Waals surface area (Å²) in [5, 5.41) is 3.63. The van der Waals surface area contributed by atoms with Gasteiger partial charge in [0, 0.05) is 18.0 Å². The molecule has 0 saturated heterocycles. The number of aryl methyl sites for hydroxylation is 1. The number of esters is 1. The van der Waals surface area contributed by atoms with Gasteiger partial charge >= 0.3 is 5.97 Å². The summed E-state index contributed by atoms with van der Waals surface area (Å²) >= 11 is 0. The van der Waals surface area contributed by atoms with E-state index in [9.17, 15) is 9.59 Å². The maximum Gasteiger partial charge on any atom is 0.328 e. The van der Waals surface area contributed by atoms with Crippen LogP contribution in [-0.2, 0) is 16.0 Å². The second-order valence-corrected chi connectivity index (χ2v) is 6.16. The van der Waals surface area contributed by atoms with Crippen LogP contribution in [0.4, 0.5) is 0 Å². The molecule has 0 bridgehead atoms. The SMILES string of the molecule is COC(=O)[C@H](Cc1ccc(C)cc1)NC(=O)c1cnc2ccccc2c1. The lowest BCUT2D eigenvalue weighted by molar-refractivity contribution is -0.142. The lowest BCUT2D eigenvalue weighted by Gasteiger charge is -2.17. The van der Waals surface area contributed by atoms with Crippen molar-refractivity contribution in [3.05, 3.63) is 77.5 Å². The molecule has 0 unspecified atom stereocenters. The van der Waals surface area contributed by atoms with Gasteiger partial charge in [-0.2, -0.15) is 0 Å². The number of nitrogens with one attached hydrogen (secondary N) is 1. The topological polar surface area (TPSA) is 68.3 Å². The second kappa shape index (κ2) is 7.78. The number of carbonyl (C=O) groups excluding carboxylic acids is 2. The Kier molecular flexibility index (Phi) is 5.27. The fourth-order valence-electron chi connectivity index (χ4n) is 2.73. The van der Waals surface area contributed by atoms with Gasteiger partial charge in [-0.3, -0.25) is 9.78 Å². The molecule has 0 aliphatic heterocycles. The first-order chi connectivity index (χ1) is 12.6. The first-order valence-electron chi connectivity index (χ1n) is 8.36. The van der Waals surface area contributed by atoms with Gasteiger partial charge in [0.25, 0.3) is 5.91 Å². The van der Waals surface area contributed by atoms with Gasteiger partial charge in [-0.15, -0.1) is 0 Å². The van der Waals surface area contributed by atoms with Crippen LogP contribution in [0.5, 0.6) is 0 Å². The van der Waals surface area contributed by atoms with Gasteiger partial charge in [-0.1, -0.05) is 48.0 Å². The third-order valence-electron chi connectivity index (χ3n) is 4.20. The molecule has 1 amide bonds. The summed E-state index contributed by atoms with van der Waals surface area (Å²) in [6, 6.07) is 16.4. The Hall–Kier alpha value is -3.21. The van der Waals surface area contributed by atoms with Crippen LogP contribution in [0.15, 0.2) is 60.8 Å². The predicted octanol–water partition coefficient (Wildman–Crippen LogP) is 3.06. The number of nitrogens with zero attached hydrogens (tertiary/aromatic N) is 1. The maximum atomic E-state index is 12.6. The van der Waals surface area contributed by atoms with E-state index >= 15 is 0 Å². The van der Waals surface area contributed by atoms with Gasteiger partial charge in [0.2, 0.25) is 0 Å². The summed E-state index contributed by atoms with van der Waals surface area (Å²) in [6.45, 7) is 2.00. The summed E-state index contributed by atoms with van der Waals surface area (Å²) in [6.07, 6.45) is 1.87. The highest BCUT2D eigenvalue weighted by Crippen LogP contribution is 2.13. The molecule has 132 valence electrons. The number of fused-ring (bicyclic) bond motifs is 1. The molecule has 0 radical (unpaired) electrons. The van der Waals surface area contributed by atoms with Crippen molar-refractivity contribution in [3.63, 3.8) is 0 Å². The lowest BCUT2D eigenvalue weighted by Crippen LogP contribution is -2.43. The van der Waals surface area contributed by atoms with Crippen LogP contribution in [-0.4, -0.2) is 30.0 Å². The molecule has 2 aromatic carbocycles. The molecule has 3 rings (SSSR count). The Labute approximate surface area is 152 Å². The van der Waals surface area contributed by atoms with Crippen molar-refractivity contribution in [2.24, 2.45) is 0 Å². The number of aromatic nitrogens is 1. The van der Waals surface area contributed by atoms with E-state index in [1.165, 1.54) is 13.3 Å². The largest absolute Gasteiger partial charge is 0.467 e. The number of rotatable bonds is 5. The highest BCUT2D eigenvalue weighted by Gasteiger charge is 2.23. The number of pyridine rings is 1. The molecule has 26 heavy (non-hydrogen) atoms. The van der Waals surface area contributed by atoms with Gasteiger partial charge in [0.15, 0.2) is 0 Å². The number of hydrogen-bond donors (Lipinski definition) is 1. The van der Waals surface area contributed by atoms with E-state index in [2.05, 4.69) is 10.3 Å². The van der Waals surface area contributed by atoms with Crippen LogP contribution < -0.4 is 5.32 Å². The molecule has 1 atom stereocenters. The van der Waals surface area contributed by atoms with Gasteiger partial charge in [-0.05, 0) is 24.6 Å². The standard InChI is InChI=1S/C21H20N2O3/c1-14-7-9-15(10-8-14)11-19(21(25)26-2)23-20(24)17-12-16-5-3-4-6-18(16)22-13-17/h3-10,12-13,19H,11H2,1-2H3,(H,23,24)/t19-/m0/s1. The summed E-state index contributed by atoms with van der Waals surface area (Å²) in [5.74, 6) is -0.835. The van der Waals surface area contributed by atoms with E-state index < -0.39 is 12.0 Å². The van der Waals surface area contributed by atoms with Crippen molar-refractivity contribution >= 4 is 22.8 Å².